The summed E-state index contributed by atoms with van der Waals surface area (Å²) in [7, 11) is 0. The van der Waals surface area contributed by atoms with Gasteiger partial charge in [0.1, 0.15) is 6.04 Å². The highest BCUT2D eigenvalue weighted by Gasteiger charge is 2.45. The van der Waals surface area contributed by atoms with Gasteiger partial charge in [-0.1, -0.05) is 47.5 Å². The van der Waals surface area contributed by atoms with Gasteiger partial charge >= 0.3 is 6.03 Å². The van der Waals surface area contributed by atoms with Crippen LogP contribution in [0.25, 0.3) is 0 Å². The lowest BCUT2D eigenvalue weighted by Gasteiger charge is -2.24. The molecule has 3 rings (SSSR count). The van der Waals surface area contributed by atoms with Crippen LogP contribution in [0.2, 0.25) is 5.02 Å². The summed E-state index contributed by atoms with van der Waals surface area (Å²) in [5, 5.41) is 0.548. The molecule has 24 heavy (non-hydrogen) atoms. The predicted octanol–water partition coefficient (Wildman–Crippen LogP) is 4.57. The third-order valence-corrected chi connectivity index (χ3v) is 4.79. The van der Waals surface area contributed by atoms with E-state index in [1.165, 1.54) is 9.80 Å². The van der Waals surface area contributed by atoms with Gasteiger partial charge in [-0.05, 0) is 44.5 Å². The van der Waals surface area contributed by atoms with Crippen molar-refractivity contribution in [3.8, 4) is 0 Å². The molecular formula is C19H19ClN2O2. The normalized spacial score (nSPS) is 19.1. The lowest BCUT2D eigenvalue weighted by molar-refractivity contribution is -0.128. The predicted molar refractivity (Wildman–Crippen MR) is 95.2 cm³/mol. The average molecular weight is 343 g/mol. The molecule has 1 fully saturated rings. The van der Waals surface area contributed by atoms with Crippen LogP contribution >= 0.6 is 11.6 Å². The van der Waals surface area contributed by atoms with Gasteiger partial charge in [0.2, 0.25) is 0 Å². The average Bonchev–Trinajstić information content (AvgIpc) is 2.78. The molecule has 2 aromatic carbocycles. The van der Waals surface area contributed by atoms with Crippen molar-refractivity contribution in [2.24, 2.45) is 0 Å². The van der Waals surface area contributed by atoms with Gasteiger partial charge < -0.3 is 0 Å². The molecule has 2 aromatic rings. The van der Waals surface area contributed by atoms with E-state index >= 15 is 0 Å². The lowest BCUT2D eigenvalue weighted by atomic mass is 10.1. The third-order valence-electron chi connectivity index (χ3n) is 4.45. The summed E-state index contributed by atoms with van der Waals surface area (Å²) >= 11 is 6.24. The highest BCUT2D eigenvalue weighted by atomic mass is 35.5. The van der Waals surface area contributed by atoms with E-state index in [1.807, 2.05) is 56.3 Å². The van der Waals surface area contributed by atoms with Gasteiger partial charge in [0.05, 0.1) is 6.04 Å². The quantitative estimate of drug-likeness (QED) is 0.767. The first kappa shape index (κ1) is 16.5. The zero-order chi connectivity index (χ0) is 17.4. The number of halogens is 1. The number of urea groups is 1. The van der Waals surface area contributed by atoms with Crippen LogP contribution in [0, 0.1) is 6.92 Å². The molecule has 2 atom stereocenters. The summed E-state index contributed by atoms with van der Waals surface area (Å²) in [5.74, 6) is -0.215. The molecule has 5 heteroatoms. The Kier molecular flexibility index (Phi) is 4.33. The SMILES string of the molecule is Cc1ccc(N2C(=O)N([C@@H](C)c3ccccc3Cl)C(=O)[C@H]2C)cc1. The van der Waals surface area contributed by atoms with E-state index in [4.69, 9.17) is 11.6 Å². The smallest absolute Gasteiger partial charge is 0.282 e. The molecular weight excluding hydrogens is 324 g/mol. The van der Waals surface area contributed by atoms with Gasteiger partial charge in [-0.15, -0.1) is 0 Å². The number of rotatable bonds is 3. The number of anilines is 1. The van der Waals surface area contributed by atoms with E-state index in [-0.39, 0.29) is 11.9 Å². The van der Waals surface area contributed by atoms with Gasteiger partial charge in [0.25, 0.3) is 5.91 Å². The second-order valence-corrected chi connectivity index (χ2v) is 6.48. The molecule has 0 spiro atoms. The molecule has 1 saturated heterocycles. The van der Waals surface area contributed by atoms with Crippen molar-refractivity contribution in [1.82, 2.24) is 4.90 Å². The van der Waals surface area contributed by atoms with Crippen molar-refractivity contribution in [3.63, 3.8) is 0 Å². The molecule has 3 amide bonds. The van der Waals surface area contributed by atoms with Crippen LogP contribution < -0.4 is 4.90 Å². The maximum absolute atomic E-state index is 12.9. The van der Waals surface area contributed by atoms with Gasteiger partial charge in [0.15, 0.2) is 0 Å². The molecule has 0 unspecified atom stereocenters. The van der Waals surface area contributed by atoms with E-state index < -0.39 is 12.1 Å². The first-order chi connectivity index (χ1) is 11.4. The summed E-state index contributed by atoms with van der Waals surface area (Å²) in [5.41, 5.74) is 2.59. The van der Waals surface area contributed by atoms with Crippen LogP contribution in [0.15, 0.2) is 48.5 Å². The molecule has 0 N–H and O–H groups in total. The van der Waals surface area contributed by atoms with Crippen molar-refractivity contribution < 1.29 is 9.59 Å². The lowest BCUT2D eigenvalue weighted by Crippen LogP contribution is -2.35. The maximum atomic E-state index is 12.9. The highest BCUT2D eigenvalue weighted by molar-refractivity contribution is 6.31. The second kappa shape index (κ2) is 6.29. The minimum atomic E-state index is -0.537. The number of aryl methyl sites for hydroxylation is 1. The van der Waals surface area contributed by atoms with E-state index in [0.29, 0.717) is 5.02 Å². The Hall–Kier alpha value is -2.33. The van der Waals surface area contributed by atoms with Crippen molar-refractivity contribution >= 4 is 29.2 Å². The summed E-state index contributed by atoms with van der Waals surface area (Å²) in [4.78, 5) is 28.5. The van der Waals surface area contributed by atoms with Gasteiger partial charge in [-0.2, -0.15) is 0 Å². The Labute approximate surface area is 146 Å². The molecule has 0 radical (unpaired) electrons. The fraction of sp³-hybridized carbons (Fsp3) is 0.263. The molecule has 1 aliphatic rings. The Morgan fingerprint density at radius 3 is 2.29 bits per heavy atom. The molecule has 0 aromatic heterocycles. The van der Waals surface area contributed by atoms with Gasteiger partial charge in [0, 0.05) is 10.7 Å². The van der Waals surface area contributed by atoms with Crippen molar-refractivity contribution in [1.29, 1.82) is 0 Å². The monoisotopic (exact) mass is 342 g/mol. The van der Waals surface area contributed by atoms with Crippen LogP contribution in [0.3, 0.4) is 0 Å². The van der Waals surface area contributed by atoms with Crippen LogP contribution in [0.5, 0.6) is 0 Å². The minimum absolute atomic E-state index is 0.215. The number of carbonyl (C=O) groups excluding carboxylic acids is 2. The Bertz CT molecular complexity index is 788. The fourth-order valence-electron chi connectivity index (χ4n) is 3.04. The number of carbonyl (C=O) groups is 2. The third kappa shape index (κ3) is 2.67. The molecule has 0 bridgehead atoms. The second-order valence-electron chi connectivity index (χ2n) is 6.07. The fourth-order valence-corrected chi connectivity index (χ4v) is 3.33. The number of nitrogens with zero attached hydrogens (tertiary/aromatic N) is 2. The van der Waals surface area contributed by atoms with Gasteiger partial charge in [-0.25, -0.2) is 4.79 Å². The van der Waals surface area contributed by atoms with E-state index in [2.05, 4.69) is 0 Å². The van der Waals surface area contributed by atoms with Crippen molar-refractivity contribution in [2.75, 3.05) is 4.90 Å². The largest absolute Gasteiger partial charge is 0.332 e. The summed E-state index contributed by atoms with van der Waals surface area (Å²) < 4.78 is 0. The molecule has 0 saturated carbocycles. The summed E-state index contributed by atoms with van der Waals surface area (Å²) in [6, 6.07) is 13.6. The topological polar surface area (TPSA) is 40.6 Å². The minimum Gasteiger partial charge on any atom is -0.282 e. The Morgan fingerprint density at radius 1 is 1.04 bits per heavy atom. The van der Waals surface area contributed by atoms with Crippen LogP contribution in [0.1, 0.15) is 31.0 Å². The first-order valence-electron chi connectivity index (χ1n) is 7.89. The zero-order valence-electron chi connectivity index (χ0n) is 13.9. The number of imide groups is 1. The number of hydrogen-bond donors (Lipinski definition) is 0. The summed E-state index contributed by atoms with van der Waals surface area (Å²) in [6.07, 6.45) is 0. The molecule has 124 valence electrons. The Balaban J connectivity index is 1.96. The maximum Gasteiger partial charge on any atom is 0.332 e. The molecule has 0 aliphatic carbocycles. The van der Waals surface area contributed by atoms with Crippen LogP contribution in [0.4, 0.5) is 10.5 Å². The first-order valence-corrected chi connectivity index (χ1v) is 8.27. The van der Waals surface area contributed by atoms with Crippen molar-refractivity contribution in [3.05, 3.63) is 64.7 Å². The van der Waals surface area contributed by atoms with Gasteiger partial charge in [-0.3, -0.25) is 14.6 Å². The van der Waals surface area contributed by atoms with E-state index in [9.17, 15) is 9.59 Å². The molecule has 1 aliphatic heterocycles. The molecule has 4 nitrogen and oxygen atoms in total. The van der Waals surface area contributed by atoms with E-state index in [1.54, 1.807) is 13.0 Å². The summed E-state index contributed by atoms with van der Waals surface area (Å²) in [6.45, 7) is 5.55. The molecule has 1 heterocycles. The van der Waals surface area contributed by atoms with Crippen molar-refractivity contribution in [2.45, 2.75) is 32.9 Å². The standard InChI is InChI=1S/C19H19ClN2O2/c1-12-8-10-15(11-9-12)21-14(3)18(23)22(19(21)24)13(2)16-6-4-5-7-17(16)20/h4-11,13-14H,1-3H3/t13-,14+/m0/s1. The highest BCUT2D eigenvalue weighted by Crippen LogP contribution is 2.34. The van der Waals surface area contributed by atoms with Crippen LogP contribution in [-0.4, -0.2) is 22.9 Å². The number of hydrogen-bond acceptors (Lipinski definition) is 2. The zero-order valence-corrected chi connectivity index (χ0v) is 14.6. The Morgan fingerprint density at radius 2 is 1.67 bits per heavy atom. The van der Waals surface area contributed by atoms with E-state index in [0.717, 1.165) is 16.8 Å². The number of amides is 3. The van der Waals surface area contributed by atoms with Crippen LogP contribution in [-0.2, 0) is 4.79 Å². The number of benzene rings is 2.